The maximum absolute atomic E-state index is 13.1. The molecule has 0 spiro atoms. The number of alkyl halides is 3. The van der Waals surface area contributed by atoms with Gasteiger partial charge >= 0.3 is 6.18 Å². The van der Waals surface area contributed by atoms with Gasteiger partial charge in [0.25, 0.3) is 11.8 Å². The van der Waals surface area contributed by atoms with Gasteiger partial charge in [0.05, 0.1) is 16.9 Å². The van der Waals surface area contributed by atoms with Gasteiger partial charge < -0.3 is 14.3 Å². The number of carbonyl (C=O) groups is 2. The zero-order valence-corrected chi connectivity index (χ0v) is 18.3. The number of hydrogen-bond donors (Lipinski definition) is 0. The van der Waals surface area contributed by atoms with E-state index < -0.39 is 28.8 Å². The Morgan fingerprint density at radius 1 is 0.971 bits per heavy atom. The molecule has 1 aliphatic rings. The van der Waals surface area contributed by atoms with Gasteiger partial charge in [0.2, 0.25) is 11.2 Å². The van der Waals surface area contributed by atoms with E-state index in [0.29, 0.717) is 5.69 Å². The average molecular weight is 475 g/mol. The van der Waals surface area contributed by atoms with Crippen LogP contribution in [0.3, 0.4) is 0 Å². The minimum Gasteiger partial charge on any atom is -0.351 e. The predicted molar refractivity (Wildman–Crippen MR) is 113 cm³/mol. The summed E-state index contributed by atoms with van der Waals surface area (Å²) < 4.78 is 45.5. The smallest absolute Gasteiger partial charge is 0.351 e. The molecule has 2 aromatic heterocycles. The van der Waals surface area contributed by atoms with Crippen molar-refractivity contribution in [3.8, 4) is 5.69 Å². The third-order valence-corrected chi connectivity index (χ3v) is 5.42. The molecule has 3 aromatic rings. The van der Waals surface area contributed by atoms with Crippen LogP contribution in [0, 0.1) is 13.8 Å². The van der Waals surface area contributed by atoms with Gasteiger partial charge in [0.1, 0.15) is 0 Å². The summed E-state index contributed by atoms with van der Waals surface area (Å²) in [6.07, 6.45) is -4.55. The number of aromatic nitrogens is 3. The van der Waals surface area contributed by atoms with Gasteiger partial charge in [-0.1, -0.05) is 11.2 Å². The van der Waals surface area contributed by atoms with Gasteiger partial charge in [-0.05, 0) is 32.0 Å². The van der Waals surface area contributed by atoms with Crippen molar-refractivity contribution in [3.63, 3.8) is 0 Å². The van der Waals surface area contributed by atoms with Gasteiger partial charge in [0, 0.05) is 44.0 Å². The summed E-state index contributed by atoms with van der Waals surface area (Å²) in [5.74, 6) is -0.914. The molecule has 1 aliphatic heterocycles. The van der Waals surface area contributed by atoms with E-state index in [9.17, 15) is 27.6 Å². The van der Waals surface area contributed by atoms with Crippen molar-refractivity contribution in [1.82, 2.24) is 24.7 Å². The summed E-state index contributed by atoms with van der Waals surface area (Å²) in [5.41, 5.74) is -1.01. The minimum absolute atomic E-state index is 0.0686. The lowest BCUT2D eigenvalue weighted by molar-refractivity contribution is -0.137. The molecule has 34 heavy (non-hydrogen) atoms. The number of hydrogen-bond acceptors (Lipinski definition) is 6. The zero-order chi connectivity index (χ0) is 24.6. The molecule has 0 atom stereocenters. The van der Waals surface area contributed by atoms with Crippen LogP contribution in [0.25, 0.3) is 5.69 Å². The first-order valence-electron chi connectivity index (χ1n) is 10.3. The van der Waals surface area contributed by atoms with Crippen LogP contribution in [0.5, 0.6) is 0 Å². The SMILES string of the molecule is Cc1cc(C(=O)N2CCN(C(=O)c3nn(-c4cccc(C(F)(F)F)c4)c(C)cc3=O)CC2)on1. The highest BCUT2D eigenvalue weighted by atomic mass is 19.4. The molecule has 0 radical (unpaired) electrons. The number of benzene rings is 1. The van der Waals surface area contributed by atoms with Gasteiger partial charge in [-0.3, -0.25) is 14.4 Å². The summed E-state index contributed by atoms with van der Waals surface area (Å²) in [6.45, 7) is 3.92. The predicted octanol–water partition coefficient (Wildman–Crippen LogP) is 2.45. The second-order valence-electron chi connectivity index (χ2n) is 7.88. The Balaban J connectivity index is 1.54. The molecule has 178 valence electrons. The Labute approximate surface area is 191 Å². The molecule has 0 bridgehead atoms. The number of halogens is 3. The van der Waals surface area contributed by atoms with E-state index in [0.717, 1.165) is 22.9 Å². The quantitative estimate of drug-likeness (QED) is 0.577. The summed E-state index contributed by atoms with van der Waals surface area (Å²) >= 11 is 0. The number of amides is 2. The number of piperazine rings is 1. The third-order valence-electron chi connectivity index (χ3n) is 5.42. The summed E-state index contributed by atoms with van der Waals surface area (Å²) in [4.78, 5) is 40.9. The molecule has 0 N–H and O–H groups in total. The molecule has 2 amide bonds. The van der Waals surface area contributed by atoms with Crippen molar-refractivity contribution in [2.45, 2.75) is 20.0 Å². The van der Waals surface area contributed by atoms with Crippen molar-refractivity contribution in [1.29, 1.82) is 0 Å². The molecule has 0 saturated carbocycles. The number of aryl methyl sites for hydroxylation is 2. The van der Waals surface area contributed by atoms with Crippen LogP contribution < -0.4 is 5.43 Å². The van der Waals surface area contributed by atoms with Crippen LogP contribution in [0.1, 0.15) is 38.0 Å². The standard InChI is InChI=1S/C22H20F3N5O4/c1-13-10-18(34-27-13)20(32)28-6-8-29(9-7-28)21(33)19-17(31)11-14(2)30(26-19)16-5-3-4-15(12-16)22(23,24)25/h3-5,10-12H,6-9H2,1-2H3. The Kier molecular flexibility index (Phi) is 5.98. The van der Waals surface area contributed by atoms with Crippen molar-refractivity contribution in [3.05, 3.63) is 75.0 Å². The van der Waals surface area contributed by atoms with E-state index >= 15 is 0 Å². The van der Waals surface area contributed by atoms with Crippen molar-refractivity contribution < 1.29 is 27.3 Å². The van der Waals surface area contributed by atoms with E-state index in [1.807, 2.05) is 0 Å². The van der Waals surface area contributed by atoms with Crippen molar-refractivity contribution in [2.24, 2.45) is 0 Å². The summed E-state index contributed by atoms with van der Waals surface area (Å²) in [7, 11) is 0. The van der Waals surface area contributed by atoms with E-state index in [1.54, 1.807) is 6.92 Å². The maximum atomic E-state index is 13.1. The highest BCUT2D eigenvalue weighted by molar-refractivity contribution is 5.93. The molecule has 1 aromatic carbocycles. The number of nitrogens with zero attached hydrogens (tertiary/aromatic N) is 5. The number of carbonyl (C=O) groups excluding carboxylic acids is 2. The second kappa shape index (κ2) is 8.76. The highest BCUT2D eigenvalue weighted by Crippen LogP contribution is 2.30. The Morgan fingerprint density at radius 2 is 1.62 bits per heavy atom. The van der Waals surface area contributed by atoms with Crippen molar-refractivity contribution in [2.75, 3.05) is 26.2 Å². The van der Waals surface area contributed by atoms with Gasteiger partial charge in [-0.15, -0.1) is 0 Å². The maximum Gasteiger partial charge on any atom is 0.416 e. The third kappa shape index (κ3) is 4.56. The molecular weight excluding hydrogens is 455 g/mol. The Bertz CT molecular complexity index is 1310. The molecular formula is C22H20F3N5O4. The minimum atomic E-state index is -4.55. The van der Waals surface area contributed by atoms with Crippen LogP contribution in [0.15, 0.2) is 45.7 Å². The second-order valence-corrected chi connectivity index (χ2v) is 7.88. The van der Waals surface area contributed by atoms with Crippen LogP contribution >= 0.6 is 0 Å². The molecule has 0 unspecified atom stereocenters. The molecule has 3 heterocycles. The first-order valence-corrected chi connectivity index (χ1v) is 10.3. The van der Waals surface area contributed by atoms with Gasteiger partial charge in [-0.25, -0.2) is 4.68 Å². The summed E-state index contributed by atoms with van der Waals surface area (Å²) in [6, 6.07) is 7.14. The van der Waals surface area contributed by atoms with Gasteiger partial charge in [-0.2, -0.15) is 18.3 Å². The lowest BCUT2D eigenvalue weighted by atomic mass is 10.2. The Morgan fingerprint density at radius 3 is 2.21 bits per heavy atom. The fourth-order valence-electron chi connectivity index (χ4n) is 3.65. The van der Waals surface area contributed by atoms with Crippen molar-refractivity contribution >= 4 is 11.8 Å². The normalized spacial score (nSPS) is 14.4. The lowest BCUT2D eigenvalue weighted by Crippen LogP contribution is -2.51. The van der Waals surface area contributed by atoms with E-state index in [2.05, 4.69) is 10.3 Å². The average Bonchev–Trinajstić information content (AvgIpc) is 3.24. The van der Waals surface area contributed by atoms with E-state index in [1.165, 1.54) is 34.9 Å². The van der Waals surface area contributed by atoms with Crippen LogP contribution in [-0.4, -0.2) is 62.7 Å². The largest absolute Gasteiger partial charge is 0.416 e. The van der Waals surface area contributed by atoms with Crippen LogP contribution in [-0.2, 0) is 6.18 Å². The molecule has 1 saturated heterocycles. The molecule has 4 rings (SSSR count). The molecule has 1 fully saturated rings. The molecule has 0 aliphatic carbocycles. The monoisotopic (exact) mass is 475 g/mol. The zero-order valence-electron chi connectivity index (χ0n) is 18.3. The summed E-state index contributed by atoms with van der Waals surface area (Å²) in [5, 5.41) is 7.78. The number of rotatable bonds is 3. The first kappa shape index (κ1) is 23.2. The van der Waals surface area contributed by atoms with Crippen LogP contribution in [0.4, 0.5) is 13.2 Å². The lowest BCUT2D eigenvalue weighted by Gasteiger charge is -2.34. The first-order chi connectivity index (χ1) is 16.0. The van der Waals surface area contributed by atoms with E-state index in [-0.39, 0.29) is 49.2 Å². The molecule has 12 heteroatoms. The van der Waals surface area contributed by atoms with E-state index in [4.69, 9.17) is 4.52 Å². The Hall–Kier alpha value is -3.96. The molecule has 9 nitrogen and oxygen atoms in total. The topological polar surface area (TPSA) is 102 Å². The van der Waals surface area contributed by atoms with Gasteiger partial charge in [0.15, 0.2) is 5.69 Å². The fourth-order valence-corrected chi connectivity index (χ4v) is 3.65. The fraction of sp³-hybridized carbons (Fsp3) is 0.318. The van der Waals surface area contributed by atoms with Crippen LogP contribution in [0.2, 0.25) is 0 Å². The highest BCUT2D eigenvalue weighted by Gasteiger charge is 2.31.